The maximum absolute atomic E-state index is 13.2. The summed E-state index contributed by atoms with van der Waals surface area (Å²) in [5, 5.41) is 2.69. The highest BCUT2D eigenvalue weighted by Gasteiger charge is 2.41. The van der Waals surface area contributed by atoms with Crippen molar-refractivity contribution < 1.29 is 4.79 Å². The van der Waals surface area contributed by atoms with Gasteiger partial charge in [0.1, 0.15) is 8.07 Å². The van der Waals surface area contributed by atoms with Gasteiger partial charge in [0.25, 0.3) is 0 Å². The van der Waals surface area contributed by atoms with Gasteiger partial charge < -0.3 is 0 Å². The van der Waals surface area contributed by atoms with Crippen LogP contribution in [0.1, 0.15) is 23.1 Å². The van der Waals surface area contributed by atoms with Crippen molar-refractivity contribution in [2.24, 2.45) is 0 Å². The topological polar surface area (TPSA) is 17.1 Å². The Bertz CT molecular complexity index is 1110. The zero-order valence-corrected chi connectivity index (χ0v) is 19.4. The van der Waals surface area contributed by atoms with E-state index in [1.54, 1.807) is 6.08 Å². The Hall–Kier alpha value is -3.49. The quantitative estimate of drug-likeness (QED) is 0.251. The van der Waals surface area contributed by atoms with Gasteiger partial charge in [-0.15, -0.1) is 0 Å². The number of benzene rings is 4. The van der Waals surface area contributed by atoms with Crippen molar-refractivity contribution in [1.29, 1.82) is 0 Å². The highest BCUT2D eigenvalue weighted by Crippen LogP contribution is 2.31. The third-order valence-electron chi connectivity index (χ3n) is 6.31. The summed E-state index contributed by atoms with van der Waals surface area (Å²) in [7, 11) is -2.30. The van der Waals surface area contributed by atoms with Gasteiger partial charge in [-0.25, -0.2) is 0 Å². The van der Waals surface area contributed by atoms with Gasteiger partial charge in [0.05, 0.1) is 0 Å². The molecule has 0 spiro atoms. The zero-order chi connectivity index (χ0) is 22.2. The lowest BCUT2D eigenvalue weighted by Gasteiger charge is -2.37. The van der Waals surface area contributed by atoms with Crippen molar-refractivity contribution in [2.45, 2.75) is 18.5 Å². The van der Waals surface area contributed by atoms with Crippen LogP contribution >= 0.6 is 0 Å². The predicted molar refractivity (Wildman–Crippen MR) is 138 cm³/mol. The highest BCUT2D eigenvalue weighted by atomic mass is 28.3. The molecule has 2 heteroatoms. The molecule has 32 heavy (non-hydrogen) atoms. The molecule has 4 aromatic carbocycles. The normalized spacial score (nSPS) is 12.5. The molecule has 4 rings (SSSR count). The molecule has 0 aliphatic rings. The second kappa shape index (κ2) is 10.2. The van der Waals surface area contributed by atoms with E-state index >= 15 is 0 Å². The van der Waals surface area contributed by atoms with Crippen LogP contribution < -0.4 is 10.4 Å². The fraction of sp³-hybridized carbons (Fsp3) is 0.100. The molecule has 0 bridgehead atoms. The van der Waals surface area contributed by atoms with Crippen LogP contribution in [0, 0.1) is 0 Å². The van der Waals surface area contributed by atoms with Crippen LogP contribution in [0.5, 0.6) is 0 Å². The van der Waals surface area contributed by atoms with Crippen LogP contribution in [-0.4, -0.2) is 13.9 Å². The largest absolute Gasteiger partial charge is 0.295 e. The molecular weight excluding hydrogens is 404 g/mol. The smallest absolute Gasteiger partial charge is 0.156 e. The SMILES string of the molecule is C[Si](c1ccccc1)(c1ccccc1)C(CC(=O)/C=C/c1ccccc1)c1ccccc1. The molecule has 0 aliphatic carbocycles. The Balaban J connectivity index is 1.77. The first kappa shape index (κ1) is 21.7. The van der Waals surface area contributed by atoms with Gasteiger partial charge in [-0.1, -0.05) is 144 Å². The van der Waals surface area contributed by atoms with E-state index in [1.165, 1.54) is 15.9 Å². The summed E-state index contributed by atoms with van der Waals surface area (Å²) >= 11 is 0. The molecule has 0 radical (unpaired) electrons. The van der Waals surface area contributed by atoms with E-state index < -0.39 is 8.07 Å². The minimum absolute atomic E-state index is 0.126. The van der Waals surface area contributed by atoms with E-state index in [0.29, 0.717) is 6.42 Å². The van der Waals surface area contributed by atoms with Gasteiger partial charge >= 0.3 is 0 Å². The molecule has 0 aliphatic heterocycles. The minimum Gasteiger partial charge on any atom is -0.295 e. The average Bonchev–Trinajstić information content (AvgIpc) is 2.88. The molecule has 0 N–H and O–H groups in total. The summed E-state index contributed by atoms with van der Waals surface area (Å²) in [5.41, 5.74) is 2.40. The van der Waals surface area contributed by atoms with E-state index in [9.17, 15) is 4.79 Å². The van der Waals surface area contributed by atoms with Crippen LogP contribution in [0.2, 0.25) is 6.55 Å². The second-order valence-electron chi connectivity index (χ2n) is 8.31. The van der Waals surface area contributed by atoms with Crippen LogP contribution in [0.15, 0.2) is 127 Å². The van der Waals surface area contributed by atoms with Crippen molar-refractivity contribution in [3.05, 3.63) is 139 Å². The molecule has 1 nitrogen and oxygen atoms in total. The lowest BCUT2D eigenvalue weighted by molar-refractivity contribution is -0.114. The maximum atomic E-state index is 13.2. The van der Waals surface area contributed by atoms with E-state index in [1.807, 2.05) is 42.5 Å². The van der Waals surface area contributed by atoms with Crippen molar-refractivity contribution in [3.63, 3.8) is 0 Å². The number of carbonyl (C=O) groups is 1. The van der Waals surface area contributed by atoms with Crippen LogP contribution in [-0.2, 0) is 4.79 Å². The number of ketones is 1. The molecule has 0 saturated carbocycles. The zero-order valence-electron chi connectivity index (χ0n) is 18.4. The molecule has 4 aromatic rings. The van der Waals surface area contributed by atoms with Crippen LogP contribution in [0.25, 0.3) is 6.08 Å². The Morgan fingerprint density at radius 1 is 0.688 bits per heavy atom. The monoisotopic (exact) mass is 432 g/mol. The number of hydrogen-bond donors (Lipinski definition) is 0. The lowest BCUT2D eigenvalue weighted by Crippen LogP contribution is -2.60. The summed E-state index contributed by atoms with van der Waals surface area (Å²) in [6, 6.07) is 42.1. The van der Waals surface area contributed by atoms with E-state index in [-0.39, 0.29) is 11.3 Å². The van der Waals surface area contributed by atoms with Crippen molar-refractivity contribution in [3.8, 4) is 0 Å². The van der Waals surface area contributed by atoms with E-state index in [2.05, 4.69) is 91.5 Å². The Kier molecular flexibility index (Phi) is 6.93. The molecule has 0 heterocycles. The maximum Gasteiger partial charge on any atom is 0.156 e. The Labute approximate surface area is 192 Å². The van der Waals surface area contributed by atoms with Crippen LogP contribution in [0.4, 0.5) is 0 Å². The molecule has 158 valence electrons. The number of rotatable bonds is 8. The molecule has 0 fully saturated rings. The van der Waals surface area contributed by atoms with Gasteiger partial charge in [0.15, 0.2) is 5.78 Å². The molecule has 0 saturated heterocycles. The molecular formula is C30H28OSi. The summed E-state index contributed by atoms with van der Waals surface area (Å²) in [6.07, 6.45) is 4.16. The molecule has 0 aromatic heterocycles. The first-order chi connectivity index (χ1) is 15.7. The van der Waals surface area contributed by atoms with E-state index in [0.717, 1.165) is 5.56 Å². The van der Waals surface area contributed by atoms with Crippen molar-refractivity contribution in [1.82, 2.24) is 0 Å². The van der Waals surface area contributed by atoms with Gasteiger partial charge in [0.2, 0.25) is 0 Å². The Morgan fingerprint density at radius 3 is 1.62 bits per heavy atom. The van der Waals surface area contributed by atoms with Crippen molar-refractivity contribution in [2.75, 3.05) is 0 Å². The summed E-state index contributed by atoms with van der Waals surface area (Å²) in [4.78, 5) is 13.2. The highest BCUT2D eigenvalue weighted by molar-refractivity contribution is 7.02. The average molecular weight is 433 g/mol. The van der Waals surface area contributed by atoms with Gasteiger partial charge in [-0.05, 0) is 22.7 Å². The van der Waals surface area contributed by atoms with Gasteiger partial charge in [0, 0.05) is 6.42 Å². The predicted octanol–water partition coefficient (Wildman–Crippen LogP) is 5.88. The first-order valence-corrected chi connectivity index (χ1v) is 13.7. The third kappa shape index (κ3) is 4.87. The van der Waals surface area contributed by atoms with Crippen molar-refractivity contribution >= 4 is 30.3 Å². The standard InChI is InChI=1S/C30H28OSi/c1-32(28-18-10-4-11-19-28,29-20-12-5-13-21-29)30(26-16-8-3-9-17-26)24-27(31)23-22-25-14-6-2-7-15-25/h2-23,30H,24H2,1H3/b23-22+. The fourth-order valence-electron chi connectivity index (χ4n) is 4.50. The van der Waals surface area contributed by atoms with Gasteiger partial charge in [-0.2, -0.15) is 0 Å². The fourth-order valence-corrected chi connectivity index (χ4v) is 8.88. The lowest BCUT2D eigenvalue weighted by atomic mass is 10.1. The number of carbonyl (C=O) groups excluding carboxylic acids is 1. The molecule has 0 amide bonds. The van der Waals surface area contributed by atoms with E-state index in [4.69, 9.17) is 0 Å². The number of hydrogen-bond acceptors (Lipinski definition) is 1. The molecule has 1 unspecified atom stereocenters. The van der Waals surface area contributed by atoms with Gasteiger partial charge in [-0.3, -0.25) is 4.79 Å². The number of allylic oxidation sites excluding steroid dienone is 1. The summed E-state index contributed by atoms with van der Waals surface area (Å²) in [5.74, 6) is 0.160. The van der Waals surface area contributed by atoms with Crippen LogP contribution in [0.3, 0.4) is 0 Å². The first-order valence-electron chi connectivity index (χ1n) is 11.1. The molecule has 1 atom stereocenters. The third-order valence-corrected chi connectivity index (χ3v) is 11.3. The summed E-state index contributed by atoms with van der Waals surface area (Å²) in [6.45, 7) is 2.41. The second-order valence-corrected chi connectivity index (χ2v) is 12.6. The summed E-state index contributed by atoms with van der Waals surface area (Å²) < 4.78 is 0. The minimum atomic E-state index is -2.30. The Morgan fingerprint density at radius 2 is 1.12 bits per heavy atom.